The molecule has 1 atom stereocenters. The van der Waals surface area contributed by atoms with Crippen molar-refractivity contribution in [3.8, 4) is 22.5 Å². The Morgan fingerprint density at radius 1 is 0.769 bits per heavy atom. The van der Waals surface area contributed by atoms with Gasteiger partial charge in [0.2, 0.25) is 0 Å². The van der Waals surface area contributed by atoms with Crippen LogP contribution in [0.5, 0.6) is 0 Å². The molecule has 4 aromatic rings. The van der Waals surface area contributed by atoms with Crippen molar-refractivity contribution in [2.75, 3.05) is 0 Å². The topological polar surface area (TPSA) is 92.2 Å². The van der Waals surface area contributed by atoms with Crippen LogP contribution in [0.15, 0.2) is 72.8 Å². The molecule has 2 N–H and O–H groups in total. The number of carbonyl (C=O) groups is 2. The molecule has 39 heavy (non-hydrogen) atoms. The number of aliphatic carboxylic acids is 1. The van der Waals surface area contributed by atoms with Gasteiger partial charge in [-0.2, -0.15) is 0 Å². The highest BCUT2D eigenvalue weighted by atomic mass is 32.1. The summed E-state index contributed by atoms with van der Waals surface area (Å²) >= 11 is 1.39. The fourth-order valence-electron chi connectivity index (χ4n) is 4.12. The molecule has 1 unspecified atom stereocenters. The van der Waals surface area contributed by atoms with E-state index in [1.165, 1.54) is 16.9 Å². The Balaban J connectivity index is 1.42. The van der Waals surface area contributed by atoms with Gasteiger partial charge in [-0.3, -0.25) is 4.79 Å². The molecule has 2 aromatic heterocycles. The number of thiophene rings is 1. The predicted molar refractivity (Wildman–Crippen MR) is 157 cm³/mol. The van der Waals surface area contributed by atoms with Gasteiger partial charge in [-0.05, 0) is 46.2 Å². The normalized spacial score (nSPS) is 12.7. The van der Waals surface area contributed by atoms with E-state index in [9.17, 15) is 14.7 Å². The van der Waals surface area contributed by atoms with E-state index in [0.717, 1.165) is 33.0 Å². The molecule has 0 bridgehead atoms. The number of carboxylic acid groups (broad SMARTS) is 1. The van der Waals surface area contributed by atoms with Gasteiger partial charge in [0.05, 0.1) is 16.3 Å². The Morgan fingerprint density at radius 2 is 1.31 bits per heavy atom. The van der Waals surface area contributed by atoms with E-state index in [0.29, 0.717) is 4.88 Å². The van der Waals surface area contributed by atoms with E-state index >= 15 is 0 Å². The second-order valence-electron chi connectivity index (χ2n) is 11.8. The zero-order valence-corrected chi connectivity index (χ0v) is 24.1. The van der Waals surface area contributed by atoms with Gasteiger partial charge in [-0.15, -0.1) is 21.5 Å². The van der Waals surface area contributed by atoms with Crippen molar-refractivity contribution in [1.82, 2.24) is 15.5 Å². The standard InChI is InChI=1S/C32H35N3O3S/c1-31(2,3)23-13-11-22(12-14-23)25-16-15-24(34-35-25)21-9-7-20(8-10-21)19-26(30(37)38)33-29(36)27-17-18-28(39-27)32(4,5)6/h7-18,26H,19H2,1-6H3,(H,33,36)(H,37,38). The molecule has 0 aliphatic rings. The van der Waals surface area contributed by atoms with Crippen LogP contribution in [0.25, 0.3) is 22.5 Å². The Bertz CT molecular complexity index is 1440. The van der Waals surface area contributed by atoms with E-state index in [1.54, 1.807) is 6.07 Å². The van der Waals surface area contributed by atoms with Crippen LogP contribution in [0.4, 0.5) is 0 Å². The van der Waals surface area contributed by atoms with Gasteiger partial charge in [0.15, 0.2) is 0 Å². The van der Waals surface area contributed by atoms with Crippen molar-refractivity contribution < 1.29 is 14.7 Å². The van der Waals surface area contributed by atoms with Crippen molar-refractivity contribution >= 4 is 23.2 Å². The fourth-order valence-corrected chi connectivity index (χ4v) is 5.09. The number of carbonyl (C=O) groups excluding carboxylic acids is 1. The molecule has 4 rings (SSSR count). The number of aromatic nitrogens is 2. The van der Waals surface area contributed by atoms with E-state index < -0.39 is 12.0 Å². The molecule has 0 fully saturated rings. The number of benzene rings is 2. The number of carboxylic acids is 1. The number of amides is 1. The van der Waals surface area contributed by atoms with Crippen LogP contribution in [0, 0.1) is 0 Å². The monoisotopic (exact) mass is 541 g/mol. The van der Waals surface area contributed by atoms with Gasteiger partial charge in [0, 0.05) is 22.4 Å². The summed E-state index contributed by atoms with van der Waals surface area (Å²) in [6, 6.07) is 22.4. The van der Waals surface area contributed by atoms with Crippen molar-refractivity contribution in [2.24, 2.45) is 0 Å². The summed E-state index contributed by atoms with van der Waals surface area (Å²) in [6.07, 6.45) is 0.175. The SMILES string of the molecule is CC(C)(C)c1ccc(-c2ccc(-c3ccc(CC(NC(=O)c4ccc(C(C)(C)C)s4)C(=O)O)cc3)nn2)cc1. The summed E-state index contributed by atoms with van der Waals surface area (Å²) in [5, 5.41) is 21.2. The maximum atomic E-state index is 12.7. The van der Waals surface area contributed by atoms with Crippen LogP contribution in [0.3, 0.4) is 0 Å². The third kappa shape index (κ3) is 6.98. The number of rotatable bonds is 7. The summed E-state index contributed by atoms with van der Waals surface area (Å²) in [7, 11) is 0. The minimum atomic E-state index is -1.07. The van der Waals surface area contributed by atoms with Crippen LogP contribution in [0.1, 0.15) is 67.2 Å². The number of hydrogen-bond acceptors (Lipinski definition) is 5. The van der Waals surface area contributed by atoms with Crippen molar-refractivity contribution in [3.63, 3.8) is 0 Å². The Kier molecular flexibility index (Phi) is 8.02. The van der Waals surface area contributed by atoms with Crippen LogP contribution in [0.2, 0.25) is 0 Å². The van der Waals surface area contributed by atoms with Gasteiger partial charge in [0.1, 0.15) is 6.04 Å². The Labute approximate surface area is 234 Å². The maximum absolute atomic E-state index is 12.7. The third-order valence-corrected chi connectivity index (χ3v) is 8.08. The average Bonchev–Trinajstić information content (AvgIpc) is 3.40. The first-order valence-electron chi connectivity index (χ1n) is 13.0. The number of nitrogens with zero attached hydrogens (tertiary/aromatic N) is 2. The van der Waals surface area contributed by atoms with Gasteiger partial charge in [-0.1, -0.05) is 90.1 Å². The fraction of sp³-hybridized carbons (Fsp3) is 0.312. The Morgan fingerprint density at radius 3 is 1.74 bits per heavy atom. The first-order chi connectivity index (χ1) is 18.3. The average molecular weight is 542 g/mol. The minimum Gasteiger partial charge on any atom is -0.480 e. The minimum absolute atomic E-state index is 0.0699. The summed E-state index contributed by atoms with van der Waals surface area (Å²) in [4.78, 5) is 26.2. The van der Waals surface area contributed by atoms with E-state index in [-0.39, 0.29) is 23.2 Å². The molecule has 0 spiro atoms. The lowest BCUT2D eigenvalue weighted by atomic mass is 9.86. The maximum Gasteiger partial charge on any atom is 0.326 e. The van der Waals surface area contributed by atoms with E-state index in [1.807, 2.05) is 42.5 Å². The van der Waals surface area contributed by atoms with Crippen LogP contribution in [-0.4, -0.2) is 33.2 Å². The van der Waals surface area contributed by atoms with E-state index in [2.05, 4.69) is 81.3 Å². The first kappa shape index (κ1) is 28.2. The summed E-state index contributed by atoms with van der Waals surface area (Å²) in [5.41, 5.74) is 5.51. The number of nitrogens with one attached hydrogen (secondary N) is 1. The van der Waals surface area contributed by atoms with E-state index in [4.69, 9.17) is 0 Å². The molecule has 7 heteroatoms. The molecule has 0 saturated heterocycles. The van der Waals surface area contributed by atoms with Crippen LogP contribution < -0.4 is 5.32 Å². The lowest BCUT2D eigenvalue weighted by Crippen LogP contribution is -2.42. The second kappa shape index (κ2) is 11.1. The molecule has 0 radical (unpaired) electrons. The lowest BCUT2D eigenvalue weighted by molar-refractivity contribution is -0.139. The van der Waals surface area contributed by atoms with Gasteiger partial charge >= 0.3 is 5.97 Å². The van der Waals surface area contributed by atoms with Gasteiger partial charge in [0.25, 0.3) is 5.91 Å². The zero-order chi connectivity index (χ0) is 28.4. The molecular formula is C32H35N3O3S. The largest absolute Gasteiger partial charge is 0.480 e. The van der Waals surface area contributed by atoms with Gasteiger partial charge < -0.3 is 10.4 Å². The lowest BCUT2D eigenvalue weighted by Gasteiger charge is -2.19. The summed E-state index contributed by atoms with van der Waals surface area (Å²) in [5.74, 6) is -1.44. The number of hydrogen-bond donors (Lipinski definition) is 2. The molecule has 202 valence electrons. The molecule has 6 nitrogen and oxygen atoms in total. The predicted octanol–water partition coefficient (Wildman–Crippen LogP) is 6.89. The quantitative estimate of drug-likeness (QED) is 0.266. The molecule has 2 heterocycles. The first-order valence-corrected chi connectivity index (χ1v) is 13.8. The third-order valence-electron chi connectivity index (χ3n) is 6.57. The molecule has 2 aromatic carbocycles. The molecule has 1 amide bonds. The summed E-state index contributed by atoms with van der Waals surface area (Å²) < 4.78 is 0. The van der Waals surface area contributed by atoms with Crippen molar-refractivity contribution in [3.05, 3.63) is 93.7 Å². The van der Waals surface area contributed by atoms with Crippen molar-refractivity contribution in [2.45, 2.75) is 64.8 Å². The van der Waals surface area contributed by atoms with Crippen LogP contribution >= 0.6 is 11.3 Å². The molecule has 0 aliphatic heterocycles. The highest BCUT2D eigenvalue weighted by Gasteiger charge is 2.24. The molecular weight excluding hydrogens is 506 g/mol. The van der Waals surface area contributed by atoms with Crippen LogP contribution in [-0.2, 0) is 22.0 Å². The summed E-state index contributed by atoms with van der Waals surface area (Å²) in [6.45, 7) is 12.8. The Hall–Kier alpha value is -3.84. The molecule has 0 saturated carbocycles. The molecule has 0 aliphatic carbocycles. The highest BCUT2D eigenvalue weighted by Crippen LogP contribution is 2.30. The highest BCUT2D eigenvalue weighted by molar-refractivity contribution is 7.14. The zero-order valence-electron chi connectivity index (χ0n) is 23.3. The smallest absolute Gasteiger partial charge is 0.326 e. The van der Waals surface area contributed by atoms with Crippen molar-refractivity contribution in [1.29, 1.82) is 0 Å². The second-order valence-corrected chi connectivity index (χ2v) is 12.9. The van der Waals surface area contributed by atoms with Gasteiger partial charge in [-0.25, -0.2) is 4.79 Å².